The number of amides is 2. The molecular weight excluding hydrogens is 430 g/mol. The van der Waals surface area contributed by atoms with Gasteiger partial charge in [-0.3, -0.25) is 9.69 Å². The van der Waals surface area contributed by atoms with E-state index in [9.17, 15) is 9.59 Å². The summed E-state index contributed by atoms with van der Waals surface area (Å²) in [7, 11) is 0. The van der Waals surface area contributed by atoms with E-state index in [4.69, 9.17) is 17.7 Å². The number of alkyl halides is 1. The first-order valence-electron chi connectivity index (χ1n) is 10.8. The van der Waals surface area contributed by atoms with Crippen molar-refractivity contribution >= 4 is 40.8 Å². The summed E-state index contributed by atoms with van der Waals surface area (Å²) >= 11 is 5.59. The van der Waals surface area contributed by atoms with Gasteiger partial charge in [0.05, 0.1) is 14.1 Å². The van der Waals surface area contributed by atoms with Crippen molar-refractivity contribution in [2.24, 2.45) is 0 Å². The summed E-state index contributed by atoms with van der Waals surface area (Å²) in [6.45, 7) is 9.51. The fourth-order valence-electron chi connectivity index (χ4n) is 3.13. The zero-order valence-electron chi connectivity index (χ0n) is 19.8. The van der Waals surface area contributed by atoms with Gasteiger partial charge in [-0.25, -0.2) is 9.78 Å². The molecule has 32 heavy (non-hydrogen) atoms. The molecule has 0 aliphatic carbocycles. The van der Waals surface area contributed by atoms with Crippen LogP contribution in [0.2, 0.25) is 0 Å². The quantitative estimate of drug-likeness (QED) is 0.526. The number of anilines is 2. The number of hydrogen-bond donors (Lipinski definition) is 1. The first-order valence-corrected chi connectivity index (χ1v) is 10.8. The Morgan fingerprint density at radius 3 is 2.72 bits per heavy atom. The molecule has 0 radical (unpaired) electrons. The van der Waals surface area contributed by atoms with Crippen LogP contribution in [0.4, 0.5) is 16.3 Å². The molecule has 0 saturated heterocycles. The topological polar surface area (TPSA) is 88.8 Å². The van der Waals surface area contributed by atoms with Crippen molar-refractivity contribution < 1.29 is 15.7 Å². The highest BCUT2D eigenvalue weighted by atomic mass is 35.5. The minimum atomic E-state index is -0.728. The lowest BCUT2D eigenvalue weighted by Crippen LogP contribution is -2.37. The van der Waals surface area contributed by atoms with Gasteiger partial charge in [-0.2, -0.15) is 9.61 Å². The first kappa shape index (κ1) is 22.1. The Bertz CT molecular complexity index is 1170. The number of nitrogens with zero attached hydrogens (tertiary/aromatic N) is 4. The number of carbonyl (C=O) groups excluding carboxylic acids is 2. The van der Waals surface area contributed by atoms with Crippen LogP contribution in [0.15, 0.2) is 42.7 Å². The van der Waals surface area contributed by atoms with E-state index in [1.807, 2.05) is 19.9 Å². The smallest absolute Gasteiger partial charge is 0.416 e. The van der Waals surface area contributed by atoms with E-state index in [-0.39, 0.29) is 30.4 Å². The van der Waals surface area contributed by atoms with E-state index in [1.54, 1.807) is 49.7 Å². The number of hydrogen-bond acceptors (Lipinski definition) is 5. The van der Waals surface area contributed by atoms with Crippen molar-refractivity contribution in [3.63, 3.8) is 0 Å². The van der Waals surface area contributed by atoms with Gasteiger partial charge in [-0.1, -0.05) is 26.0 Å². The molecule has 9 heteroatoms. The molecule has 0 bridgehead atoms. The van der Waals surface area contributed by atoms with Gasteiger partial charge in [0.15, 0.2) is 5.65 Å². The third-order valence-electron chi connectivity index (χ3n) is 4.54. The molecule has 2 heterocycles. The zero-order valence-corrected chi connectivity index (χ0v) is 19.6. The molecule has 0 aliphatic heterocycles. The number of halogens is 1. The highest BCUT2D eigenvalue weighted by Gasteiger charge is 2.26. The zero-order chi connectivity index (χ0) is 24.3. The predicted octanol–water partition coefficient (Wildman–Crippen LogP) is 4.97. The molecular formula is C23H28ClN5O3. The second-order valence-electron chi connectivity index (χ2n) is 8.68. The number of rotatable bonds is 6. The molecule has 1 aromatic carbocycles. The standard InChI is InChI=1S/C23H28ClN5O3/c1-15(2)18-13-26-29-20(9-10-25-21(18)29)28(22(31)32-23(3,4)5)14-16-7-6-8-17(11-16)27-19(30)12-24/h6-11,13,15H,12,14H2,1-5H3,(H,27,30)/i10D. The van der Waals surface area contributed by atoms with Crippen LogP contribution in [0.5, 0.6) is 0 Å². The molecule has 3 rings (SSSR count). The molecule has 0 aliphatic rings. The van der Waals surface area contributed by atoms with Crippen LogP contribution in [0.1, 0.15) is 53.0 Å². The van der Waals surface area contributed by atoms with Crippen LogP contribution < -0.4 is 10.2 Å². The van der Waals surface area contributed by atoms with Crippen LogP contribution in [-0.2, 0) is 16.1 Å². The summed E-state index contributed by atoms with van der Waals surface area (Å²) in [6.07, 6.45) is 1.12. The maximum Gasteiger partial charge on any atom is 0.416 e. The van der Waals surface area contributed by atoms with E-state index in [0.29, 0.717) is 17.2 Å². The fraction of sp³-hybridized carbons (Fsp3) is 0.391. The normalized spacial score (nSPS) is 12.0. The highest BCUT2D eigenvalue weighted by Crippen LogP contribution is 2.26. The number of benzene rings is 1. The Labute approximate surface area is 193 Å². The molecule has 1 N–H and O–H groups in total. The van der Waals surface area contributed by atoms with Crippen molar-refractivity contribution in [2.75, 3.05) is 16.1 Å². The molecule has 2 amide bonds. The second kappa shape index (κ2) is 9.56. The lowest BCUT2D eigenvalue weighted by Gasteiger charge is -2.27. The third kappa shape index (κ3) is 5.56. The average molecular weight is 459 g/mol. The van der Waals surface area contributed by atoms with Gasteiger partial charge >= 0.3 is 6.09 Å². The van der Waals surface area contributed by atoms with Crippen LogP contribution >= 0.6 is 11.6 Å². The SMILES string of the molecule is [2H]c1cc(N(Cc2cccc(NC(=O)CCl)c2)C(=O)OC(C)(C)C)n2ncc(C(C)C)c2n1. The number of carbonyl (C=O) groups is 2. The van der Waals surface area contributed by atoms with E-state index >= 15 is 0 Å². The Balaban J connectivity index is 2.08. The van der Waals surface area contributed by atoms with Gasteiger partial charge in [0.2, 0.25) is 5.91 Å². The Morgan fingerprint density at radius 1 is 1.31 bits per heavy atom. The van der Waals surface area contributed by atoms with Gasteiger partial charge in [-0.05, 0) is 50.5 Å². The largest absolute Gasteiger partial charge is 0.443 e. The third-order valence-corrected chi connectivity index (χ3v) is 4.78. The molecule has 3 aromatic rings. The van der Waals surface area contributed by atoms with Crippen LogP contribution in [0.25, 0.3) is 5.65 Å². The number of nitrogens with one attached hydrogen (secondary N) is 1. The van der Waals surface area contributed by atoms with Crippen molar-refractivity contribution in [3.8, 4) is 0 Å². The van der Waals surface area contributed by atoms with E-state index in [2.05, 4.69) is 15.4 Å². The molecule has 0 unspecified atom stereocenters. The summed E-state index contributed by atoms with van der Waals surface area (Å²) in [5.41, 5.74) is 1.96. The van der Waals surface area contributed by atoms with Gasteiger partial charge in [0.1, 0.15) is 17.3 Å². The Kier molecular flexibility index (Phi) is 6.60. The molecule has 0 fully saturated rings. The maximum atomic E-state index is 13.3. The second-order valence-corrected chi connectivity index (χ2v) is 8.95. The summed E-state index contributed by atoms with van der Waals surface area (Å²) in [5.74, 6) is 0.0148. The van der Waals surface area contributed by atoms with Gasteiger partial charge in [-0.15, -0.1) is 11.6 Å². The fourth-order valence-corrected chi connectivity index (χ4v) is 3.19. The Hall–Kier alpha value is -3.13. The van der Waals surface area contributed by atoms with E-state index in [0.717, 1.165) is 11.1 Å². The van der Waals surface area contributed by atoms with Crippen LogP contribution in [-0.4, -0.2) is 38.1 Å². The monoisotopic (exact) mass is 458 g/mol. The minimum absolute atomic E-state index is 0.0107. The molecule has 170 valence electrons. The number of ether oxygens (including phenoxy) is 1. The number of fused-ring (bicyclic) bond motifs is 1. The minimum Gasteiger partial charge on any atom is -0.443 e. The lowest BCUT2D eigenvalue weighted by molar-refractivity contribution is -0.113. The highest BCUT2D eigenvalue weighted by molar-refractivity contribution is 6.29. The van der Waals surface area contributed by atoms with Crippen molar-refractivity contribution in [1.82, 2.24) is 14.6 Å². The summed E-state index contributed by atoms with van der Waals surface area (Å²) in [5, 5.41) is 7.14. The average Bonchev–Trinajstić information content (AvgIpc) is 3.14. The van der Waals surface area contributed by atoms with Gasteiger partial charge in [0.25, 0.3) is 0 Å². The predicted molar refractivity (Wildman–Crippen MR) is 125 cm³/mol. The van der Waals surface area contributed by atoms with Crippen LogP contribution in [0, 0.1) is 0 Å². The van der Waals surface area contributed by atoms with Gasteiger partial charge in [0, 0.05) is 17.4 Å². The lowest BCUT2D eigenvalue weighted by atomic mass is 10.1. The first-order chi connectivity index (χ1) is 15.5. The molecule has 0 saturated carbocycles. The molecule has 2 aromatic heterocycles. The summed E-state index contributed by atoms with van der Waals surface area (Å²) < 4.78 is 15.4. The van der Waals surface area contributed by atoms with E-state index < -0.39 is 11.7 Å². The Morgan fingerprint density at radius 2 is 2.06 bits per heavy atom. The summed E-state index contributed by atoms with van der Waals surface area (Å²) in [4.78, 5) is 30.7. The van der Waals surface area contributed by atoms with Crippen molar-refractivity contribution in [3.05, 3.63) is 53.8 Å². The molecule has 8 nitrogen and oxygen atoms in total. The maximum absolute atomic E-state index is 13.3. The van der Waals surface area contributed by atoms with Crippen molar-refractivity contribution in [2.45, 2.75) is 52.7 Å². The molecule has 0 spiro atoms. The van der Waals surface area contributed by atoms with Crippen LogP contribution in [0.3, 0.4) is 0 Å². The number of aromatic nitrogens is 3. The van der Waals surface area contributed by atoms with E-state index in [1.165, 1.54) is 11.0 Å². The van der Waals surface area contributed by atoms with Crippen molar-refractivity contribution in [1.29, 1.82) is 0 Å². The molecule has 0 atom stereocenters. The van der Waals surface area contributed by atoms with Gasteiger partial charge < -0.3 is 10.1 Å². The summed E-state index contributed by atoms with van der Waals surface area (Å²) in [6, 6.07) is 8.57.